The van der Waals surface area contributed by atoms with Crippen LogP contribution in [-0.4, -0.2) is 14.2 Å². The minimum absolute atomic E-state index is 0.369. The molecule has 0 saturated carbocycles. The first kappa shape index (κ1) is 18.8. The van der Waals surface area contributed by atoms with Crippen LogP contribution in [0.3, 0.4) is 0 Å². The predicted octanol–water partition coefficient (Wildman–Crippen LogP) is 4.15. The Balaban J connectivity index is 1.78. The highest BCUT2D eigenvalue weighted by Gasteiger charge is 2.40. The molecule has 5 rings (SSSR count). The van der Waals surface area contributed by atoms with Crippen LogP contribution in [0.4, 0.5) is 0 Å². The van der Waals surface area contributed by atoms with Crippen molar-refractivity contribution in [3.05, 3.63) is 94.6 Å². The van der Waals surface area contributed by atoms with Crippen molar-refractivity contribution in [1.29, 1.82) is 0 Å². The number of rotatable bonds is 3. The molecule has 0 aromatic heterocycles. The van der Waals surface area contributed by atoms with Gasteiger partial charge in [0.25, 0.3) is 0 Å². The lowest BCUT2D eigenvalue weighted by Crippen LogP contribution is -2.28. The van der Waals surface area contributed by atoms with Crippen LogP contribution >= 0.6 is 7.37 Å². The van der Waals surface area contributed by atoms with Crippen LogP contribution in [0.25, 0.3) is 22.6 Å². The van der Waals surface area contributed by atoms with Gasteiger partial charge in [-0.3, -0.25) is 4.57 Å². The monoisotopic (exact) mass is 416 g/mol. The van der Waals surface area contributed by atoms with Gasteiger partial charge in [-0.05, 0) is 23.8 Å². The normalized spacial score (nSPS) is 19.5. The number of para-hydroxylation sites is 1. The summed E-state index contributed by atoms with van der Waals surface area (Å²) in [5.41, 5.74) is 1.88. The first-order valence-electron chi connectivity index (χ1n) is 9.76. The standard InChI is InChI=1S/C25H21O4P/c1-27-23-15-17(16-24(28-2)19-10-4-3-9-18(19)23)30(26)25-14-8-6-12-21(25)20-11-5-7-13-22(20)29-30/h3-15H,16H2,1-2H3. The summed E-state index contributed by atoms with van der Waals surface area (Å²) in [5.74, 6) is 2.00. The summed E-state index contributed by atoms with van der Waals surface area (Å²) >= 11 is 0. The van der Waals surface area contributed by atoms with E-state index >= 15 is 0 Å². The van der Waals surface area contributed by atoms with Crippen LogP contribution in [0.1, 0.15) is 6.42 Å². The molecule has 1 heterocycles. The summed E-state index contributed by atoms with van der Waals surface area (Å²) in [6, 6.07) is 23.4. The molecule has 3 aromatic rings. The van der Waals surface area contributed by atoms with Gasteiger partial charge in [0, 0.05) is 27.7 Å². The Labute approximate surface area is 175 Å². The van der Waals surface area contributed by atoms with Crippen LogP contribution in [0, 0.1) is 0 Å². The van der Waals surface area contributed by atoms with Gasteiger partial charge in [0.05, 0.1) is 19.5 Å². The highest BCUT2D eigenvalue weighted by Crippen LogP contribution is 2.61. The molecule has 0 bridgehead atoms. The molecule has 0 spiro atoms. The summed E-state index contributed by atoms with van der Waals surface area (Å²) in [4.78, 5) is 0. The topological polar surface area (TPSA) is 44.8 Å². The largest absolute Gasteiger partial charge is 0.500 e. The highest BCUT2D eigenvalue weighted by molar-refractivity contribution is 7.71. The van der Waals surface area contributed by atoms with E-state index in [4.69, 9.17) is 14.0 Å². The molecule has 2 aliphatic rings. The Kier molecular flexibility index (Phi) is 4.52. The van der Waals surface area contributed by atoms with Gasteiger partial charge < -0.3 is 14.0 Å². The van der Waals surface area contributed by atoms with Crippen molar-refractivity contribution in [1.82, 2.24) is 0 Å². The molecule has 4 nitrogen and oxygen atoms in total. The number of methoxy groups -OCH3 is 2. The Bertz CT molecular complexity index is 1350. The zero-order valence-corrected chi connectivity index (χ0v) is 17.7. The van der Waals surface area contributed by atoms with E-state index in [0.29, 0.717) is 28.5 Å². The average Bonchev–Trinajstić information content (AvgIpc) is 2.96. The SMILES string of the molecule is COC1=c2ccccc2=C(OC)CC(P2(=O)Oc3ccccc3-c3ccccc32)=C1. The lowest BCUT2D eigenvalue weighted by molar-refractivity contribution is 0.353. The molecule has 0 fully saturated rings. The van der Waals surface area contributed by atoms with Crippen molar-refractivity contribution in [2.24, 2.45) is 0 Å². The third-order valence-corrected chi connectivity index (χ3v) is 8.12. The summed E-state index contributed by atoms with van der Waals surface area (Å²) in [5, 5.41) is 3.19. The average molecular weight is 416 g/mol. The van der Waals surface area contributed by atoms with E-state index in [-0.39, 0.29) is 0 Å². The second kappa shape index (κ2) is 7.23. The van der Waals surface area contributed by atoms with Gasteiger partial charge in [-0.1, -0.05) is 60.7 Å². The van der Waals surface area contributed by atoms with Crippen molar-refractivity contribution < 1.29 is 18.6 Å². The van der Waals surface area contributed by atoms with Gasteiger partial charge in [0.1, 0.15) is 17.3 Å². The molecule has 0 N–H and O–H groups in total. The van der Waals surface area contributed by atoms with Gasteiger partial charge in [-0.15, -0.1) is 0 Å². The molecule has 1 aliphatic heterocycles. The molecule has 5 heteroatoms. The second-order valence-electron chi connectivity index (χ2n) is 7.21. The fourth-order valence-electron chi connectivity index (χ4n) is 4.15. The molecule has 0 radical (unpaired) electrons. The molecule has 30 heavy (non-hydrogen) atoms. The van der Waals surface area contributed by atoms with Crippen molar-refractivity contribution in [3.63, 3.8) is 0 Å². The number of fused-ring (bicyclic) bond motifs is 4. The highest BCUT2D eigenvalue weighted by atomic mass is 31.2. The van der Waals surface area contributed by atoms with Crippen LogP contribution in [-0.2, 0) is 14.0 Å². The van der Waals surface area contributed by atoms with Crippen molar-refractivity contribution >= 4 is 24.2 Å². The molecule has 1 atom stereocenters. The van der Waals surface area contributed by atoms with Gasteiger partial charge >= 0.3 is 7.37 Å². The Morgan fingerprint density at radius 3 is 2.23 bits per heavy atom. The number of benzene rings is 3. The quantitative estimate of drug-likeness (QED) is 0.602. The molecule has 0 saturated heterocycles. The number of hydrogen-bond acceptors (Lipinski definition) is 4. The molecule has 1 unspecified atom stereocenters. The molecular formula is C25H21O4P. The van der Waals surface area contributed by atoms with Crippen molar-refractivity contribution in [3.8, 4) is 16.9 Å². The Morgan fingerprint density at radius 2 is 1.47 bits per heavy atom. The van der Waals surface area contributed by atoms with Gasteiger partial charge in [-0.2, -0.15) is 0 Å². The van der Waals surface area contributed by atoms with Gasteiger partial charge in [0.15, 0.2) is 0 Å². The van der Waals surface area contributed by atoms with E-state index in [0.717, 1.165) is 27.3 Å². The van der Waals surface area contributed by atoms with E-state index in [9.17, 15) is 4.57 Å². The van der Waals surface area contributed by atoms with E-state index in [2.05, 4.69) is 0 Å². The fraction of sp³-hybridized carbons (Fsp3) is 0.120. The second-order valence-corrected chi connectivity index (χ2v) is 9.55. The fourth-order valence-corrected chi connectivity index (χ4v) is 6.54. The van der Waals surface area contributed by atoms with E-state index < -0.39 is 7.37 Å². The van der Waals surface area contributed by atoms with E-state index in [1.165, 1.54) is 0 Å². The number of ether oxygens (including phenoxy) is 2. The zero-order valence-electron chi connectivity index (χ0n) is 16.8. The zero-order chi connectivity index (χ0) is 20.7. The van der Waals surface area contributed by atoms with Crippen LogP contribution < -0.4 is 20.3 Å². The molecule has 150 valence electrons. The maximum atomic E-state index is 14.6. The maximum absolute atomic E-state index is 14.6. The van der Waals surface area contributed by atoms with Gasteiger partial charge in [0.2, 0.25) is 0 Å². The summed E-state index contributed by atoms with van der Waals surface area (Å²) in [7, 11) is -0.144. The summed E-state index contributed by atoms with van der Waals surface area (Å²) in [6.45, 7) is 0. The minimum Gasteiger partial charge on any atom is -0.500 e. The van der Waals surface area contributed by atoms with Crippen molar-refractivity contribution in [2.45, 2.75) is 6.42 Å². The lowest BCUT2D eigenvalue weighted by atomic mass is 10.0. The number of hydrogen-bond donors (Lipinski definition) is 0. The van der Waals surface area contributed by atoms with E-state index in [1.54, 1.807) is 14.2 Å². The van der Waals surface area contributed by atoms with Crippen LogP contribution in [0.2, 0.25) is 0 Å². The smallest absolute Gasteiger partial charge is 0.304 e. The third-order valence-electron chi connectivity index (χ3n) is 5.60. The predicted molar refractivity (Wildman–Crippen MR) is 119 cm³/mol. The third kappa shape index (κ3) is 2.79. The van der Waals surface area contributed by atoms with Crippen LogP contribution in [0.15, 0.2) is 84.2 Å². The van der Waals surface area contributed by atoms with E-state index in [1.807, 2.05) is 78.9 Å². The summed E-state index contributed by atoms with van der Waals surface area (Å²) < 4.78 is 32.3. The van der Waals surface area contributed by atoms with Crippen LogP contribution in [0.5, 0.6) is 5.75 Å². The Hall–Kier alpha value is -3.23. The Morgan fingerprint density at radius 1 is 0.800 bits per heavy atom. The molecule has 3 aromatic carbocycles. The molecular weight excluding hydrogens is 395 g/mol. The van der Waals surface area contributed by atoms with Crippen molar-refractivity contribution in [2.75, 3.05) is 14.2 Å². The van der Waals surface area contributed by atoms with Gasteiger partial charge in [-0.25, -0.2) is 0 Å². The summed E-state index contributed by atoms with van der Waals surface area (Å²) in [6.07, 6.45) is 2.23. The first-order valence-corrected chi connectivity index (χ1v) is 11.4. The minimum atomic E-state index is -3.41. The molecule has 1 aliphatic carbocycles. The first-order chi connectivity index (χ1) is 14.7. The molecule has 0 amide bonds. The lowest BCUT2D eigenvalue weighted by Gasteiger charge is -2.30. The maximum Gasteiger partial charge on any atom is 0.304 e.